The van der Waals surface area contributed by atoms with Crippen molar-refractivity contribution in [2.75, 3.05) is 0 Å². The van der Waals surface area contributed by atoms with E-state index >= 15 is 0 Å². The van der Waals surface area contributed by atoms with Crippen molar-refractivity contribution in [2.24, 2.45) is 0 Å². The summed E-state index contributed by atoms with van der Waals surface area (Å²) < 4.78 is 0. The predicted molar refractivity (Wildman–Crippen MR) is 60.6 cm³/mol. The van der Waals surface area contributed by atoms with Crippen LogP contribution in [-0.2, 0) is 10.2 Å². The van der Waals surface area contributed by atoms with Gasteiger partial charge in [0.2, 0.25) is 0 Å². The van der Waals surface area contributed by atoms with Gasteiger partial charge in [0.05, 0.1) is 5.41 Å². The van der Waals surface area contributed by atoms with Crippen molar-refractivity contribution in [3.63, 3.8) is 0 Å². The number of hydrogen-bond acceptors (Lipinski definition) is 1. The second-order valence-electron chi connectivity index (χ2n) is 3.75. The highest BCUT2D eigenvalue weighted by Gasteiger charge is 2.37. The molecule has 0 bridgehead atoms. The van der Waals surface area contributed by atoms with E-state index in [1.807, 2.05) is 37.3 Å². The molecular weight excluding hydrogens is 188 g/mol. The van der Waals surface area contributed by atoms with E-state index in [2.05, 4.69) is 6.92 Å². The first-order chi connectivity index (χ1) is 7.17. The molecule has 0 aliphatic heterocycles. The molecule has 0 saturated carbocycles. The summed E-state index contributed by atoms with van der Waals surface area (Å²) in [6, 6.07) is 9.38. The van der Waals surface area contributed by atoms with Crippen LogP contribution >= 0.6 is 0 Å². The first-order valence-corrected chi connectivity index (χ1v) is 5.25. The molecule has 0 amide bonds. The van der Waals surface area contributed by atoms with Crippen LogP contribution in [0.4, 0.5) is 0 Å². The number of aliphatic carboxylic acids is 1. The summed E-state index contributed by atoms with van der Waals surface area (Å²) in [4.78, 5) is 11.4. The maximum atomic E-state index is 11.4. The Labute approximate surface area is 90.9 Å². The van der Waals surface area contributed by atoms with Crippen molar-refractivity contribution in [1.82, 2.24) is 0 Å². The van der Waals surface area contributed by atoms with E-state index in [0.717, 1.165) is 12.0 Å². The molecule has 81 valence electrons. The zero-order chi connectivity index (χ0) is 11.3. The third-order valence-corrected chi connectivity index (χ3v) is 2.84. The van der Waals surface area contributed by atoms with E-state index in [1.165, 1.54) is 0 Å². The van der Waals surface area contributed by atoms with E-state index in [4.69, 9.17) is 0 Å². The van der Waals surface area contributed by atoms with Gasteiger partial charge < -0.3 is 5.11 Å². The summed E-state index contributed by atoms with van der Waals surface area (Å²) in [6.07, 6.45) is 1.87. The van der Waals surface area contributed by atoms with Crippen molar-refractivity contribution >= 4 is 5.97 Å². The van der Waals surface area contributed by atoms with E-state index in [-0.39, 0.29) is 0 Å². The number of carboxylic acids is 1. The molecule has 1 aromatic carbocycles. The monoisotopic (exact) mass is 205 g/mol. The Balaban J connectivity index is 3.15. The molecule has 2 nitrogen and oxygen atoms in total. The summed E-state index contributed by atoms with van der Waals surface area (Å²) >= 11 is 0. The average molecular weight is 205 g/mol. The van der Waals surface area contributed by atoms with Gasteiger partial charge in [0.1, 0.15) is 0 Å². The van der Waals surface area contributed by atoms with Crippen LogP contribution in [0.2, 0.25) is 0 Å². The van der Waals surface area contributed by atoms with Gasteiger partial charge in [0.25, 0.3) is 0 Å². The van der Waals surface area contributed by atoms with Gasteiger partial charge in [-0.2, -0.15) is 0 Å². The third-order valence-electron chi connectivity index (χ3n) is 2.84. The number of hydrogen-bond donors (Lipinski definition) is 1. The van der Waals surface area contributed by atoms with E-state index in [9.17, 15) is 9.90 Å². The van der Waals surface area contributed by atoms with Gasteiger partial charge in [0, 0.05) is 0 Å². The summed E-state index contributed by atoms with van der Waals surface area (Å²) in [6.45, 7) is 5.79. The van der Waals surface area contributed by atoms with Crippen LogP contribution in [0.3, 0.4) is 0 Å². The van der Waals surface area contributed by atoms with Crippen LogP contribution < -0.4 is 0 Å². The van der Waals surface area contributed by atoms with Crippen molar-refractivity contribution in [1.29, 1.82) is 0 Å². The third kappa shape index (κ3) is 2.20. The SMILES string of the molecule is [CH2]CC(CCC)(C(=O)O)c1ccccc1. The Morgan fingerprint density at radius 1 is 1.40 bits per heavy atom. The van der Waals surface area contributed by atoms with Gasteiger partial charge >= 0.3 is 5.97 Å². The number of carboxylic acid groups (broad SMARTS) is 1. The molecule has 0 spiro atoms. The zero-order valence-electron chi connectivity index (χ0n) is 9.07. The molecule has 0 heterocycles. The van der Waals surface area contributed by atoms with Crippen LogP contribution in [0.15, 0.2) is 30.3 Å². The summed E-state index contributed by atoms with van der Waals surface area (Å²) in [7, 11) is 0. The van der Waals surface area contributed by atoms with Gasteiger partial charge in [-0.15, -0.1) is 0 Å². The molecule has 15 heavy (non-hydrogen) atoms. The molecule has 0 fully saturated rings. The van der Waals surface area contributed by atoms with Crippen LogP contribution in [0.25, 0.3) is 0 Å². The van der Waals surface area contributed by atoms with E-state index in [0.29, 0.717) is 12.8 Å². The Kier molecular flexibility index (Phi) is 3.89. The molecule has 1 unspecified atom stereocenters. The fourth-order valence-corrected chi connectivity index (χ4v) is 1.93. The minimum atomic E-state index is -0.810. The largest absolute Gasteiger partial charge is 0.481 e. The smallest absolute Gasteiger partial charge is 0.314 e. The summed E-state index contributed by atoms with van der Waals surface area (Å²) in [5, 5.41) is 9.37. The van der Waals surface area contributed by atoms with Crippen LogP contribution in [0.1, 0.15) is 31.7 Å². The molecule has 0 saturated heterocycles. The number of rotatable bonds is 5. The Morgan fingerprint density at radius 3 is 2.40 bits per heavy atom. The quantitative estimate of drug-likeness (QED) is 0.802. The van der Waals surface area contributed by atoms with Gasteiger partial charge in [0.15, 0.2) is 0 Å². The molecule has 1 radical (unpaired) electrons. The summed E-state index contributed by atoms with van der Waals surface area (Å²) in [5.74, 6) is -0.773. The van der Waals surface area contributed by atoms with Crippen molar-refractivity contribution in [2.45, 2.75) is 31.6 Å². The fraction of sp³-hybridized carbons (Fsp3) is 0.385. The minimum absolute atomic E-state index is 0.389. The second kappa shape index (κ2) is 4.96. The molecule has 0 aliphatic rings. The van der Waals surface area contributed by atoms with Gasteiger partial charge in [-0.1, -0.05) is 50.6 Å². The van der Waals surface area contributed by atoms with Crippen LogP contribution in [0.5, 0.6) is 0 Å². The molecule has 1 rings (SSSR count). The highest BCUT2D eigenvalue weighted by Crippen LogP contribution is 2.33. The van der Waals surface area contributed by atoms with Crippen LogP contribution in [0, 0.1) is 6.92 Å². The zero-order valence-corrected chi connectivity index (χ0v) is 9.07. The van der Waals surface area contributed by atoms with Crippen LogP contribution in [-0.4, -0.2) is 11.1 Å². The predicted octanol–water partition coefficient (Wildman–Crippen LogP) is 3.03. The topological polar surface area (TPSA) is 37.3 Å². The standard InChI is InChI=1S/C13H17O2/c1-3-10-13(4-2,12(14)15)11-8-6-5-7-9-11/h5-9H,2-4,10H2,1H3,(H,14,15). The number of benzene rings is 1. The molecular formula is C13H17O2. The maximum Gasteiger partial charge on any atom is 0.314 e. The normalized spacial score (nSPS) is 14.5. The minimum Gasteiger partial charge on any atom is -0.481 e. The van der Waals surface area contributed by atoms with Gasteiger partial charge in [-0.05, 0) is 18.4 Å². The van der Waals surface area contributed by atoms with Crippen molar-refractivity contribution < 1.29 is 9.90 Å². The Hall–Kier alpha value is -1.31. The highest BCUT2D eigenvalue weighted by atomic mass is 16.4. The molecule has 2 heteroatoms. The van der Waals surface area contributed by atoms with Crippen molar-refractivity contribution in [3.05, 3.63) is 42.8 Å². The molecule has 0 aliphatic carbocycles. The molecule has 1 aromatic rings. The molecule has 1 atom stereocenters. The van der Waals surface area contributed by atoms with Gasteiger partial charge in [-0.3, -0.25) is 4.79 Å². The van der Waals surface area contributed by atoms with E-state index in [1.54, 1.807) is 0 Å². The average Bonchev–Trinajstić information content (AvgIpc) is 2.26. The lowest BCUT2D eigenvalue weighted by Gasteiger charge is -2.28. The molecule has 0 aromatic heterocycles. The Bertz CT molecular complexity index is 319. The second-order valence-corrected chi connectivity index (χ2v) is 3.75. The maximum absolute atomic E-state index is 11.4. The van der Waals surface area contributed by atoms with E-state index < -0.39 is 11.4 Å². The first kappa shape index (κ1) is 11.8. The Morgan fingerprint density at radius 2 is 2.00 bits per heavy atom. The lowest BCUT2D eigenvalue weighted by Crippen LogP contribution is -2.35. The van der Waals surface area contributed by atoms with Gasteiger partial charge in [-0.25, -0.2) is 0 Å². The lowest BCUT2D eigenvalue weighted by atomic mass is 9.75. The van der Waals surface area contributed by atoms with Crippen molar-refractivity contribution in [3.8, 4) is 0 Å². The number of carbonyl (C=O) groups is 1. The fourth-order valence-electron chi connectivity index (χ4n) is 1.93. The lowest BCUT2D eigenvalue weighted by molar-refractivity contribution is -0.144. The highest BCUT2D eigenvalue weighted by molar-refractivity contribution is 5.81. The summed E-state index contributed by atoms with van der Waals surface area (Å²) in [5.41, 5.74) is 0.0464. The first-order valence-electron chi connectivity index (χ1n) is 5.25. The molecule has 1 N–H and O–H groups in total.